The summed E-state index contributed by atoms with van der Waals surface area (Å²) in [5.41, 5.74) is 1.48. The summed E-state index contributed by atoms with van der Waals surface area (Å²) in [5.74, 6) is 0.598. The smallest absolute Gasteiger partial charge is 0.261 e. The highest BCUT2D eigenvalue weighted by atomic mass is 79.9. The zero-order valence-electron chi connectivity index (χ0n) is 13.4. The second-order valence-electron chi connectivity index (χ2n) is 5.33. The molecule has 8 heteroatoms. The van der Waals surface area contributed by atoms with Crippen molar-refractivity contribution in [1.82, 2.24) is 9.78 Å². The molecule has 0 saturated heterocycles. The van der Waals surface area contributed by atoms with Crippen molar-refractivity contribution < 1.29 is 13.2 Å². The van der Waals surface area contributed by atoms with E-state index >= 15 is 0 Å². The molecule has 1 aromatic heterocycles. The molecule has 3 aromatic rings. The van der Waals surface area contributed by atoms with Crippen LogP contribution in [0.2, 0.25) is 0 Å². The van der Waals surface area contributed by atoms with E-state index in [4.69, 9.17) is 4.74 Å². The summed E-state index contributed by atoms with van der Waals surface area (Å²) in [6, 6.07) is 14.1. The molecule has 0 saturated carbocycles. The predicted octanol–water partition coefficient (Wildman–Crippen LogP) is 3.50. The molecule has 2 aromatic carbocycles. The van der Waals surface area contributed by atoms with Gasteiger partial charge in [-0.3, -0.25) is 9.40 Å². The van der Waals surface area contributed by atoms with Gasteiger partial charge in [0.15, 0.2) is 0 Å². The van der Waals surface area contributed by atoms with Crippen molar-refractivity contribution >= 4 is 31.6 Å². The Balaban J connectivity index is 1.72. The average Bonchev–Trinajstić information content (AvgIpc) is 3.03. The number of methoxy groups -OCH3 is 1. The van der Waals surface area contributed by atoms with Crippen LogP contribution < -0.4 is 9.46 Å². The summed E-state index contributed by atoms with van der Waals surface area (Å²) in [7, 11) is -2.14. The zero-order chi connectivity index (χ0) is 17.9. The second-order valence-corrected chi connectivity index (χ2v) is 7.93. The molecule has 3 rings (SSSR count). The fourth-order valence-electron chi connectivity index (χ4n) is 2.25. The van der Waals surface area contributed by atoms with Crippen molar-refractivity contribution in [1.29, 1.82) is 0 Å². The lowest BCUT2D eigenvalue weighted by atomic mass is 10.2. The van der Waals surface area contributed by atoms with Crippen molar-refractivity contribution in [2.75, 3.05) is 11.8 Å². The van der Waals surface area contributed by atoms with Crippen molar-refractivity contribution in [2.45, 2.75) is 11.4 Å². The summed E-state index contributed by atoms with van der Waals surface area (Å²) < 4.78 is 35.1. The molecule has 1 heterocycles. The van der Waals surface area contributed by atoms with E-state index in [2.05, 4.69) is 25.8 Å². The maximum Gasteiger partial charge on any atom is 0.261 e. The fourth-order valence-corrected chi connectivity index (χ4v) is 3.54. The van der Waals surface area contributed by atoms with Gasteiger partial charge in [0.1, 0.15) is 5.75 Å². The molecule has 0 bridgehead atoms. The molecule has 1 N–H and O–H groups in total. The van der Waals surface area contributed by atoms with Crippen LogP contribution >= 0.6 is 15.9 Å². The zero-order valence-corrected chi connectivity index (χ0v) is 15.8. The van der Waals surface area contributed by atoms with E-state index in [1.165, 1.54) is 25.4 Å². The number of ether oxygens (including phenoxy) is 1. The van der Waals surface area contributed by atoms with E-state index in [1.54, 1.807) is 23.0 Å². The molecule has 0 spiro atoms. The average molecular weight is 422 g/mol. The van der Waals surface area contributed by atoms with Gasteiger partial charge >= 0.3 is 0 Å². The van der Waals surface area contributed by atoms with Crippen LogP contribution in [0, 0.1) is 0 Å². The van der Waals surface area contributed by atoms with Gasteiger partial charge in [-0.2, -0.15) is 5.10 Å². The number of aromatic nitrogens is 2. The minimum absolute atomic E-state index is 0.161. The molecule has 0 radical (unpaired) electrons. The van der Waals surface area contributed by atoms with Gasteiger partial charge in [-0.1, -0.05) is 28.1 Å². The first-order valence-corrected chi connectivity index (χ1v) is 9.68. The third kappa shape index (κ3) is 4.40. The molecule has 130 valence electrons. The Bertz CT molecular complexity index is 952. The molecular weight excluding hydrogens is 406 g/mol. The number of rotatable bonds is 6. The van der Waals surface area contributed by atoms with Crippen LogP contribution in [0.5, 0.6) is 5.75 Å². The Labute approximate surface area is 154 Å². The standard InChI is InChI=1S/C17H16BrN3O3S/c1-24-16-6-8-17(9-7-16)25(22,23)20-15-10-19-21(12-15)11-13-2-4-14(18)5-3-13/h2-10,12,20H,11H2,1H3. The summed E-state index contributed by atoms with van der Waals surface area (Å²) in [6.07, 6.45) is 3.14. The molecular formula is C17H16BrN3O3S. The van der Waals surface area contributed by atoms with E-state index in [-0.39, 0.29) is 4.90 Å². The van der Waals surface area contributed by atoms with E-state index in [9.17, 15) is 8.42 Å². The molecule has 0 amide bonds. The van der Waals surface area contributed by atoms with Gasteiger partial charge in [-0.15, -0.1) is 0 Å². The van der Waals surface area contributed by atoms with Gasteiger partial charge in [0.25, 0.3) is 10.0 Å². The number of benzene rings is 2. The summed E-state index contributed by atoms with van der Waals surface area (Å²) >= 11 is 3.39. The molecule has 0 aliphatic carbocycles. The monoisotopic (exact) mass is 421 g/mol. The maximum absolute atomic E-state index is 12.4. The molecule has 0 unspecified atom stereocenters. The summed E-state index contributed by atoms with van der Waals surface area (Å²) in [6.45, 7) is 0.553. The van der Waals surface area contributed by atoms with Crippen LogP contribution in [0.15, 0.2) is 70.3 Å². The first-order chi connectivity index (χ1) is 12.0. The number of halogens is 1. The molecule has 0 aliphatic heterocycles. The quantitative estimate of drug-likeness (QED) is 0.660. The molecule has 0 atom stereocenters. The van der Waals surface area contributed by atoms with Crippen molar-refractivity contribution in [3.63, 3.8) is 0 Å². The van der Waals surface area contributed by atoms with Crippen LogP contribution in [0.3, 0.4) is 0 Å². The topological polar surface area (TPSA) is 73.2 Å². The van der Waals surface area contributed by atoms with E-state index in [0.29, 0.717) is 18.0 Å². The van der Waals surface area contributed by atoms with Crippen LogP contribution in [0.1, 0.15) is 5.56 Å². The van der Waals surface area contributed by atoms with Crippen molar-refractivity contribution in [3.05, 3.63) is 71.0 Å². The number of nitrogens with one attached hydrogen (secondary N) is 1. The van der Waals surface area contributed by atoms with E-state index in [1.807, 2.05) is 24.3 Å². The minimum atomic E-state index is -3.67. The Morgan fingerprint density at radius 1 is 1.12 bits per heavy atom. The predicted molar refractivity (Wildman–Crippen MR) is 99.3 cm³/mol. The number of nitrogens with zero attached hydrogens (tertiary/aromatic N) is 2. The van der Waals surface area contributed by atoms with Crippen LogP contribution in [-0.4, -0.2) is 25.3 Å². The summed E-state index contributed by atoms with van der Waals surface area (Å²) in [4.78, 5) is 0.161. The lowest BCUT2D eigenvalue weighted by Crippen LogP contribution is -2.12. The Morgan fingerprint density at radius 2 is 1.80 bits per heavy atom. The lowest BCUT2D eigenvalue weighted by Gasteiger charge is -2.06. The van der Waals surface area contributed by atoms with Crippen LogP contribution in [0.25, 0.3) is 0 Å². The molecule has 0 aliphatic rings. The summed E-state index contributed by atoms with van der Waals surface area (Å²) in [5, 5.41) is 4.20. The number of hydrogen-bond donors (Lipinski definition) is 1. The molecule has 6 nitrogen and oxygen atoms in total. The highest BCUT2D eigenvalue weighted by Crippen LogP contribution is 2.19. The third-order valence-electron chi connectivity index (χ3n) is 3.51. The molecule has 0 fully saturated rings. The first kappa shape index (κ1) is 17.5. The van der Waals surface area contributed by atoms with Gasteiger partial charge in [-0.25, -0.2) is 8.42 Å². The number of anilines is 1. The Morgan fingerprint density at radius 3 is 2.44 bits per heavy atom. The highest BCUT2D eigenvalue weighted by Gasteiger charge is 2.15. The largest absolute Gasteiger partial charge is 0.497 e. The van der Waals surface area contributed by atoms with Gasteiger partial charge in [0.05, 0.1) is 30.4 Å². The van der Waals surface area contributed by atoms with Crippen LogP contribution in [0.4, 0.5) is 5.69 Å². The Kier molecular flexibility index (Phi) is 5.10. The normalized spacial score (nSPS) is 11.3. The number of hydrogen-bond acceptors (Lipinski definition) is 4. The van der Waals surface area contributed by atoms with Gasteiger partial charge in [0.2, 0.25) is 0 Å². The maximum atomic E-state index is 12.4. The van der Waals surface area contributed by atoms with Crippen molar-refractivity contribution in [3.8, 4) is 5.75 Å². The first-order valence-electron chi connectivity index (χ1n) is 7.40. The SMILES string of the molecule is COc1ccc(S(=O)(=O)Nc2cnn(Cc3ccc(Br)cc3)c2)cc1. The van der Waals surface area contributed by atoms with Gasteiger partial charge < -0.3 is 4.74 Å². The molecule has 25 heavy (non-hydrogen) atoms. The van der Waals surface area contributed by atoms with Crippen molar-refractivity contribution in [2.24, 2.45) is 0 Å². The van der Waals surface area contributed by atoms with Crippen LogP contribution in [-0.2, 0) is 16.6 Å². The third-order valence-corrected chi connectivity index (χ3v) is 5.44. The Hall–Kier alpha value is -2.32. The second kappa shape index (κ2) is 7.28. The lowest BCUT2D eigenvalue weighted by molar-refractivity contribution is 0.414. The van der Waals surface area contributed by atoms with E-state index in [0.717, 1.165) is 10.0 Å². The van der Waals surface area contributed by atoms with Gasteiger partial charge in [-0.05, 0) is 42.0 Å². The van der Waals surface area contributed by atoms with Gasteiger partial charge in [0, 0.05) is 10.7 Å². The number of sulfonamides is 1. The fraction of sp³-hybridized carbons (Fsp3) is 0.118. The highest BCUT2D eigenvalue weighted by molar-refractivity contribution is 9.10. The van der Waals surface area contributed by atoms with E-state index < -0.39 is 10.0 Å². The minimum Gasteiger partial charge on any atom is -0.497 e.